The molecule has 2 heterocycles. The summed E-state index contributed by atoms with van der Waals surface area (Å²) in [4.78, 5) is 37.9. The highest BCUT2D eigenvalue weighted by Gasteiger charge is 2.11. The number of nitrogens with zero attached hydrogens (tertiary/aromatic N) is 1. The maximum Gasteiger partial charge on any atom is 0.333 e. The Bertz CT molecular complexity index is 919. The molecule has 0 aliphatic carbocycles. The molecule has 0 amide bonds. The molecule has 2 rings (SSSR count). The van der Waals surface area contributed by atoms with E-state index in [1.165, 1.54) is 17.8 Å². The van der Waals surface area contributed by atoms with E-state index in [1.54, 1.807) is 24.3 Å². The third-order valence-corrected chi connectivity index (χ3v) is 5.02. The standard InChI is InChI=1S/C16H17NO5S2/c1-4-22-14(18)8-13-17(9-15(19)21-3)16(20)12(24-13)7-11-6-5-10(2)23-11/h5-8H,4,9H2,1-3H3/b12-7-,13-8-. The average Bonchev–Trinajstić information content (AvgIpc) is 3.06. The summed E-state index contributed by atoms with van der Waals surface area (Å²) in [5, 5.41) is 0. The van der Waals surface area contributed by atoms with E-state index in [0.29, 0.717) is 9.20 Å². The average molecular weight is 367 g/mol. The van der Waals surface area contributed by atoms with Crippen LogP contribution in [0.4, 0.5) is 0 Å². The van der Waals surface area contributed by atoms with E-state index in [9.17, 15) is 14.4 Å². The largest absolute Gasteiger partial charge is 0.468 e. The summed E-state index contributed by atoms with van der Waals surface area (Å²) in [6.45, 7) is 3.65. The Hall–Kier alpha value is -2.19. The smallest absolute Gasteiger partial charge is 0.333 e. The molecular weight excluding hydrogens is 350 g/mol. The molecule has 2 aromatic rings. The molecule has 0 saturated carbocycles. The zero-order chi connectivity index (χ0) is 17.7. The van der Waals surface area contributed by atoms with Crippen molar-refractivity contribution in [2.45, 2.75) is 20.4 Å². The third-order valence-electron chi connectivity index (χ3n) is 3.01. The van der Waals surface area contributed by atoms with Gasteiger partial charge in [0.2, 0.25) is 0 Å². The topological polar surface area (TPSA) is 74.6 Å². The third kappa shape index (κ3) is 4.42. The number of carbonyl (C=O) groups excluding carboxylic acids is 2. The van der Waals surface area contributed by atoms with Crippen LogP contribution in [0.1, 0.15) is 16.7 Å². The Labute approximate surface area is 146 Å². The van der Waals surface area contributed by atoms with Gasteiger partial charge in [0.15, 0.2) is 0 Å². The van der Waals surface area contributed by atoms with Crippen molar-refractivity contribution >= 4 is 46.8 Å². The number of aryl methyl sites for hydroxylation is 1. The molecular formula is C16H17NO5S2. The molecule has 0 aliphatic rings. The predicted molar refractivity (Wildman–Crippen MR) is 93.6 cm³/mol. The summed E-state index contributed by atoms with van der Waals surface area (Å²) in [6, 6.07) is 3.88. The molecule has 6 nitrogen and oxygen atoms in total. The van der Waals surface area contributed by atoms with E-state index < -0.39 is 11.9 Å². The second-order valence-electron chi connectivity index (χ2n) is 4.76. The number of hydrogen-bond acceptors (Lipinski definition) is 7. The number of methoxy groups -OCH3 is 1. The lowest BCUT2D eigenvalue weighted by Gasteiger charge is -2.00. The normalized spacial score (nSPS) is 12.5. The maximum absolute atomic E-state index is 12.6. The summed E-state index contributed by atoms with van der Waals surface area (Å²) in [5.74, 6) is -1.12. The number of thiazole rings is 1. The Kier molecular flexibility index (Phi) is 6.10. The number of rotatable bonds is 5. The molecule has 0 saturated heterocycles. The van der Waals surface area contributed by atoms with Gasteiger partial charge < -0.3 is 9.47 Å². The van der Waals surface area contributed by atoms with Crippen LogP contribution in [-0.2, 0) is 25.6 Å². The summed E-state index contributed by atoms with van der Waals surface area (Å²) < 4.78 is 11.5. The molecule has 0 unspecified atom stereocenters. The highest BCUT2D eigenvalue weighted by molar-refractivity contribution is 7.13. The molecule has 0 fully saturated rings. The van der Waals surface area contributed by atoms with Gasteiger partial charge in [0.25, 0.3) is 5.56 Å². The highest BCUT2D eigenvalue weighted by Crippen LogP contribution is 2.15. The quantitative estimate of drug-likeness (QED) is 0.725. The Morgan fingerprint density at radius 3 is 2.62 bits per heavy atom. The first-order chi connectivity index (χ1) is 11.4. The predicted octanol–water partition coefficient (Wildman–Crippen LogP) is 0.625. The Balaban J connectivity index is 2.58. The van der Waals surface area contributed by atoms with Crippen LogP contribution in [0, 0.1) is 6.92 Å². The van der Waals surface area contributed by atoms with Crippen LogP contribution >= 0.6 is 22.7 Å². The van der Waals surface area contributed by atoms with Gasteiger partial charge >= 0.3 is 11.9 Å². The second kappa shape index (κ2) is 8.07. The molecule has 0 N–H and O–H groups in total. The molecule has 0 aromatic carbocycles. The van der Waals surface area contributed by atoms with Crippen molar-refractivity contribution in [1.29, 1.82) is 0 Å². The number of hydrogen-bond donors (Lipinski definition) is 0. The van der Waals surface area contributed by atoms with Crippen molar-refractivity contribution in [3.63, 3.8) is 0 Å². The minimum absolute atomic E-state index is 0.232. The van der Waals surface area contributed by atoms with E-state index in [1.807, 2.05) is 19.1 Å². The van der Waals surface area contributed by atoms with Crippen molar-refractivity contribution in [3.05, 3.63) is 41.4 Å². The maximum atomic E-state index is 12.6. The monoisotopic (exact) mass is 367 g/mol. The van der Waals surface area contributed by atoms with Crippen molar-refractivity contribution in [1.82, 2.24) is 4.57 Å². The van der Waals surface area contributed by atoms with Gasteiger partial charge in [0.1, 0.15) is 11.2 Å². The number of esters is 2. The van der Waals surface area contributed by atoms with Crippen LogP contribution in [0.2, 0.25) is 0 Å². The molecule has 0 aliphatic heterocycles. The molecule has 128 valence electrons. The van der Waals surface area contributed by atoms with Gasteiger partial charge in [-0.2, -0.15) is 0 Å². The van der Waals surface area contributed by atoms with Crippen LogP contribution in [0.5, 0.6) is 0 Å². The van der Waals surface area contributed by atoms with Crippen LogP contribution in [0.25, 0.3) is 12.2 Å². The first-order valence-electron chi connectivity index (χ1n) is 7.17. The fourth-order valence-corrected chi connectivity index (χ4v) is 3.85. The van der Waals surface area contributed by atoms with Gasteiger partial charge in [-0.25, -0.2) is 4.79 Å². The number of carbonyl (C=O) groups is 2. The zero-order valence-electron chi connectivity index (χ0n) is 13.5. The number of thiophene rings is 1. The molecule has 24 heavy (non-hydrogen) atoms. The summed E-state index contributed by atoms with van der Waals surface area (Å²) in [5.41, 5.74) is -0.341. The van der Waals surface area contributed by atoms with Gasteiger partial charge in [-0.3, -0.25) is 14.2 Å². The van der Waals surface area contributed by atoms with Crippen LogP contribution in [0.3, 0.4) is 0 Å². The van der Waals surface area contributed by atoms with Crippen molar-refractivity contribution in [2.75, 3.05) is 13.7 Å². The number of ether oxygens (including phenoxy) is 2. The lowest BCUT2D eigenvalue weighted by Crippen LogP contribution is -2.34. The summed E-state index contributed by atoms with van der Waals surface area (Å²) >= 11 is 2.69. The van der Waals surface area contributed by atoms with E-state index >= 15 is 0 Å². The molecule has 2 aromatic heterocycles. The van der Waals surface area contributed by atoms with Crippen molar-refractivity contribution in [2.24, 2.45) is 0 Å². The Morgan fingerprint density at radius 2 is 2.04 bits per heavy atom. The zero-order valence-corrected chi connectivity index (χ0v) is 15.2. The fraction of sp³-hybridized carbons (Fsp3) is 0.312. The SMILES string of the molecule is CCOC(=O)/C=c1\s/c(=C\c2ccc(C)s2)c(=O)n1CC(=O)OC. The van der Waals surface area contributed by atoms with Crippen LogP contribution < -0.4 is 14.8 Å². The molecule has 0 spiro atoms. The van der Waals surface area contributed by atoms with E-state index in [2.05, 4.69) is 4.74 Å². The van der Waals surface area contributed by atoms with Crippen molar-refractivity contribution in [3.8, 4) is 0 Å². The molecule has 8 heteroatoms. The number of aromatic nitrogens is 1. The van der Waals surface area contributed by atoms with E-state index in [0.717, 1.165) is 21.1 Å². The minimum atomic E-state index is -0.563. The fourth-order valence-electron chi connectivity index (χ4n) is 1.93. The van der Waals surface area contributed by atoms with Gasteiger partial charge in [-0.1, -0.05) is 0 Å². The van der Waals surface area contributed by atoms with Gasteiger partial charge in [-0.15, -0.1) is 22.7 Å². The van der Waals surface area contributed by atoms with Crippen molar-refractivity contribution < 1.29 is 19.1 Å². The van der Waals surface area contributed by atoms with Gasteiger partial charge in [0.05, 0.1) is 24.3 Å². The second-order valence-corrected chi connectivity index (χ2v) is 7.14. The summed E-state index contributed by atoms with van der Waals surface area (Å²) in [6.07, 6.45) is 2.97. The van der Waals surface area contributed by atoms with Crippen LogP contribution in [-0.4, -0.2) is 30.2 Å². The molecule has 0 atom stereocenters. The minimum Gasteiger partial charge on any atom is -0.468 e. The Morgan fingerprint density at radius 1 is 1.29 bits per heavy atom. The lowest BCUT2D eigenvalue weighted by molar-refractivity contribution is -0.141. The van der Waals surface area contributed by atoms with Crippen LogP contribution in [0.15, 0.2) is 16.9 Å². The van der Waals surface area contributed by atoms with Gasteiger partial charge in [0, 0.05) is 9.75 Å². The summed E-state index contributed by atoms with van der Waals surface area (Å²) in [7, 11) is 1.25. The lowest BCUT2D eigenvalue weighted by atomic mass is 10.4. The van der Waals surface area contributed by atoms with E-state index in [-0.39, 0.29) is 18.7 Å². The van der Waals surface area contributed by atoms with Gasteiger partial charge in [-0.05, 0) is 32.1 Å². The van der Waals surface area contributed by atoms with E-state index in [4.69, 9.17) is 4.74 Å². The molecule has 0 bridgehead atoms. The first-order valence-corrected chi connectivity index (χ1v) is 8.81. The first kappa shape index (κ1) is 18.2. The highest BCUT2D eigenvalue weighted by atomic mass is 32.1. The molecule has 0 radical (unpaired) electrons.